The second kappa shape index (κ2) is 6.35. The summed E-state index contributed by atoms with van der Waals surface area (Å²) >= 11 is 0. The Balaban J connectivity index is 1.78. The highest BCUT2D eigenvalue weighted by Crippen LogP contribution is 2.34. The Hall–Kier alpha value is -2.22. The summed E-state index contributed by atoms with van der Waals surface area (Å²) in [5, 5.41) is 7.03. The molecule has 1 aliphatic heterocycles. The highest BCUT2D eigenvalue weighted by molar-refractivity contribution is 5.80. The van der Waals surface area contributed by atoms with Gasteiger partial charge in [0.2, 0.25) is 0 Å². The lowest BCUT2D eigenvalue weighted by Gasteiger charge is -2.31. The fraction of sp³-hybridized carbons (Fsp3) is 0.364. The second-order valence-electron chi connectivity index (χ2n) is 7.73. The van der Waals surface area contributed by atoms with E-state index in [0.29, 0.717) is 6.04 Å². The van der Waals surface area contributed by atoms with E-state index in [1.165, 1.54) is 33.6 Å². The molecular formula is C22H28N2. The topological polar surface area (TPSA) is 24.1 Å². The van der Waals surface area contributed by atoms with Crippen LogP contribution in [-0.4, -0.2) is 11.6 Å². The number of anilines is 2. The summed E-state index contributed by atoms with van der Waals surface area (Å²) in [6.45, 7) is 10.9. The van der Waals surface area contributed by atoms with Gasteiger partial charge in [-0.25, -0.2) is 0 Å². The number of nitrogens with one attached hydrogen (secondary N) is 2. The van der Waals surface area contributed by atoms with E-state index in [2.05, 4.69) is 93.8 Å². The van der Waals surface area contributed by atoms with Crippen LogP contribution in [0, 0.1) is 0 Å². The predicted molar refractivity (Wildman–Crippen MR) is 106 cm³/mol. The summed E-state index contributed by atoms with van der Waals surface area (Å²) in [5.41, 5.74) is 7.82. The average Bonchev–Trinajstić information content (AvgIpc) is 2.48. The van der Waals surface area contributed by atoms with Crippen LogP contribution in [0.25, 0.3) is 5.57 Å². The van der Waals surface area contributed by atoms with Crippen molar-refractivity contribution in [2.75, 3.05) is 10.6 Å². The van der Waals surface area contributed by atoms with Gasteiger partial charge in [0, 0.05) is 23.0 Å². The van der Waals surface area contributed by atoms with E-state index < -0.39 is 0 Å². The zero-order chi connectivity index (χ0) is 17.3. The summed E-state index contributed by atoms with van der Waals surface area (Å²) in [4.78, 5) is 0. The van der Waals surface area contributed by atoms with Crippen LogP contribution in [0.2, 0.25) is 0 Å². The molecule has 0 fully saturated rings. The third-order valence-corrected chi connectivity index (χ3v) is 4.36. The molecule has 0 radical (unpaired) electrons. The fourth-order valence-corrected chi connectivity index (χ4v) is 3.43. The van der Waals surface area contributed by atoms with Crippen molar-refractivity contribution in [3.8, 4) is 0 Å². The molecule has 0 bridgehead atoms. The molecule has 0 unspecified atom stereocenters. The maximum absolute atomic E-state index is 3.60. The van der Waals surface area contributed by atoms with Gasteiger partial charge in [-0.05, 0) is 82.0 Å². The molecule has 0 aliphatic carbocycles. The van der Waals surface area contributed by atoms with Crippen molar-refractivity contribution < 1.29 is 0 Å². The van der Waals surface area contributed by atoms with E-state index in [0.717, 1.165) is 6.42 Å². The Labute approximate surface area is 146 Å². The fourth-order valence-electron chi connectivity index (χ4n) is 3.43. The molecule has 2 aromatic rings. The van der Waals surface area contributed by atoms with Crippen LogP contribution < -0.4 is 10.6 Å². The van der Waals surface area contributed by atoms with Gasteiger partial charge < -0.3 is 10.6 Å². The number of hydrogen-bond donors (Lipinski definition) is 2. The largest absolute Gasteiger partial charge is 0.383 e. The molecule has 0 spiro atoms. The summed E-state index contributed by atoms with van der Waals surface area (Å²) in [6.07, 6.45) is 3.28. The molecule has 0 amide bonds. The number of allylic oxidation sites excluding steroid dienone is 1. The van der Waals surface area contributed by atoms with E-state index in [9.17, 15) is 0 Å². The van der Waals surface area contributed by atoms with Gasteiger partial charge in [0.05, 0.1) is 5.54 Å². The summed E-state index contributed by atoms with van der Waals surface area (Å²) < 4.78 is 0. The first-order chi connectivity index (χ1) is 11.3. The second-order valence-corrected chi connectivity index (χ2v) is 7.73. The van der Waals surface area contributed by atoms with Gasteiger partial charge in [-0.15, -0.1) is 0 Å². The Kier molecular flexibility index (Phi) is 4.40. The lowest BCUT2D eigenvalue weighted by molar-refractivity contribution is 0.707. The monoisotopic (exact) mass is 320 g/mol. The van der Waals surface area contributed by atoms with Gasteiger partial charge >= 0.3 is 0 Å². The smallest absolute Gasteiger partial charge is 0.0505 e. The van der Waals surface area contributed by atoms with Crippen molar-refractivity contribution in [3.05, 3.63) is 65.2 Å². The van der Waals surface area contributed by atoms with Gasteiger partial charge in [-0.3, -0.25) is 0 Å². The normalized spacial score (nSPS) is 15.5. The minimum absolute atomic E-state index is 0.0256. The van der Waals surface area contributed by atoms with Gasteiger partial charge in [0.15, 0.2) is 0 Å². The average molecular weight is 320 g/mol. The van der Waals surface area contributed by atoms with Crippen molar-refractivity contribution in [1.29, 1.82) is 0 Å². The van der Waals surface area contributed by atoms with E-state index in [1.807, 2.05) is 0 Å². The summed E-state index contributed by atoms with van der Waals surface area (Å²) in [7, 11) is 0. The minimum Gasteiger partial charge on any atom is -0.383 e. The van der Waals surface area contributed by atoms with Crippen LogP contribution in [0.5, 0.6) is 0 Å². The SMILES string of the molecule is CC1=CC(C)(C)Nc2ccc(Cc3ccc(NC(C)C)cc3)cc21. The van der Waals surface area contributed by atoms with Crippen LogP contribution in [0.3, 0.4) is 0 Å². The number of benzene rings is 2. The van der Waals surface area contributed by atoms with E-state index in [-0.39, 0.29) is 5.54 Å². The maximum atomic E-state index is 3.60. The lowest BCUT2D eigenvalue weighted by atomic mass is 9.89. The first-order valence-corrected chi connectivity index (χ1v) is 8.79. The van der Waals surface area contributed by atoms with Gasteiger partial charge in [0.1, 0.15) is 0 Å². The summed E-state index contributed by atoms with van der Waals surface area (Å²) in [5.74, 6) is 0. The molecule has 2 N–H and O–H groups in total. The molecule has 1 aliphatic rings. The molecule has 24 heavy (non-hydrogen) atoms. The Bertz CT molecular complexity index is 752. The molecule has 0 saturated heterocycles. The van der Waals surface area contributed by atoms with Crippen LogP contribution in [0.1, 0.15) is 51.3 Å². The number of fused-ring (bicyclic) bond motifs is 1. The van der Waals surface area contributed by atoms with Crippen LogP contribution >= 0.6 is 0 Å². The van der Waals surface area contributed by atoms with Crippen LogP contribution in [0.4, 0.5) is 11.4 Å². The highest BCUT2D eigenvalue weighted by atomic mass is 15.0. The maximum Gasteiger partial charge on any atom is 0.0505 e. The Morgan fingerprint density at radius 1 is 1.00 bits per heavy atom. The molecule has 0 atom stereocenters. The quantitative estimate of drug-likeness (QED) is 0.754. The zero-order valence-electron chi connectivity index (χ0n) is 15.4. The molecule has 2 heteroatoms. The van der Waals surface area contributed by atoms with Crippen molar-refractivity contribution in [2.24, 2.45) is 0 Å². The Morgan fingerprint density at radius 3 is 2.33 bits per heavy atom. The van der Waals surface area contributed by atoms with Crippen molar-refractivity contribution in [1.82, 2.24) is 0 Å². The molecule has 3 rings (SSSR count). The molecule has 2 aromatic carbocycles. The molecule has 1 heterocycles. The first kappa shape index (κ1) is 16.6. The zero-order valence-corrected chi connectivity index (χ0v) is 15.4. The third kappa shape index (κ3) is 3.81. The molecule has 0 saturated carbocycles. The van der Waals surface area contributed by atoms with Crippen LogP contribution in [0.15, 0.2) is 48.5 Å². The Morgan fingerprint density at radius 2 is 1.67 bits per heavy atom. The number of hydrogen-bond acceptors (Lipinski definition) is 2. The molecular weight excluding hydrogens is 292 g/mol. The highest BCUT2D eigenvalue weighted by Gasteiger charge is 2.22. The third-order valence-electron chi connectivity index (χ3n) is 4.36. The summed E-state index contributed by atoms with van der Waals surface area (Å²) in [6, 6.07) is 16.0. The van der Waals surface area contributed by atoms with Crippen molar-refractivity contribution >= 4 is 16.9 Å². The van der Waals surface area contributed by atoms with E-state index in [4.69, 9.17) is 0 Å². The standard InChI is InChI=1S/C22H28N2/c1-15(2)23-19-9-6-17(7-10-19)12-18-8-11-21-20(13-18)16(3)14-22(4,5)24-21/h6-11,13-15,23-24H,12H2,1-5H3. The lowest BCUT2D eigenvalue weighted by Crippen LogP contribution is -2.31. The minimum atomic E-state index is 0.0256. The van der Waals surface area contributed by atoms with E-state index >= 15 is 0 Å². The van der Waals surface area contributed by atoms with Crippen LogP contribution in [-0.2, 0) is 6.42 Å². The number of rotatable bonds is 4. The van der Waals surface area contributed by atoms with Crippen molar-refractivity contribution in [2.45, 2.75) is 52.6 Å². The molecule has 2 nitrogen and oxygen atoms in total. The first-order valence-electron chi connectivity index (χ1n) is 8.79. The molecule has 0 aromatic heterocycles. The predicted octanol–water partition coefficient (Wildman–Crippen LogP) is 5.71. The van der Waals surface area contributed by atoms with Gasteiger partial charge in [0.25, 0.3) is 0 Å². The van der Waals surface area contributed by atoms with E-state index in [1.54, 1.807) is 0 Å². The van der Waals surface area contributed by atoms with Gasteiger partial charge in [-0.1, -0.05) is 24.3 Å². The van der Waals surface area contributed by atoms with Crippen molar-refractivity contribution in [3.63, 3.8) is 0 Å². The molecule has 126 valence electrons. The van der Waals surface area contributed by atoms with Gasteiger partial charge in [-0.2, -0.15) is 0 Å².